The summed E-state index contributed by atoms with van der Waals surface area (Å²) in [6.45, 7) is 6.00. The quantitative estimate of drug-likeness (QED) is 0.191. The topological polar surface area (TPSA) is 81.8 Å². The van der Waals surface area contributed by atoms with E-state index in [0.717, 1.165) is 22.5 Å². The maximum atomic E-state index is 9.66. The van der Waals surface area contributed by atoms with Crippen LogP contribution in [0.2, 0.25) is 0 Å². The Balaban J connectivity index is 0.00000141. The molecule has 0 amide bonds. The minimum atomic E-state index is -0.199. The van der Waals surface area contributed by atoms with Gasteiger partial charge in [-0.3, -0.25) is 0 Å². The molecule has 0 aliphatic carbocycles. The first-order valence-electron chi connectivity index (χ1n) is 9.90. The van der Waals surface area contributed by atoms with Crippen molar-refractivity contribution in [3.63, 3.8) is 0 Å². The van der Waals surface area contributed by atoms with Gasteiger partial charge in [-0.05, 0) is 29.8 Å². The summed E-state index contributed by atoms with van der Waals surface area (Å²) in [7, 11) is 1.76. The first-order valence-corrected chi connectivity index (χ1v) is 9.90. The Morgan fingerprint density at radius 3 is 1.78 bits per heavy atom. The molecule has 0 atom stereocenters. The maximum Gasteiger partial charge on any atom is 0.247 e. The zero-order chi connectivity index (χ0) is 22.9. The second-order valence-corrected chi connectivity index (χ2v) is 6.69. The zero-order valence-electron chi connectivity index (χ0n) is 17.8. The number of anilines is 1. The van der Waals surface area contributed by atoms with Crippen LogP contribution in [-0.2, 0) is 0 Å². The van der Waals surface area contributed by atoms with Gasteiger partial charge in [0.25, 0.3) is 0 Å². The Bertz CT molecular complexity index is 1140. The number of phenolic OH excluding ortho intramolecular Hbond substituents is 2. The molecular formula is C26H24N4O2. The third kappa shape index (κ3) is 5.37. The first kappa shape index (κ1) is 22.2. The fourth-order valence-corrected chi connectivity index (χ4v) is 2.92. The van der Waals surface area contributed by atoms with Crippen molar-refractivity contribution in [2.45, 2.75) is 0 Å². The highest BCUT2D eigenvalue weighted by Gasteiger charge is 2.11. The van der Waals surface area contributed by atoms with Crippen LogP contribution in [0.25, 0.3) is 22.5 Å². The van der Waals surface area contributed by atoms with Crippen LogP contribution in [0.4, 0.5) is 5.95 Å². The SMILES string of the molecule is C=C.CN(/N=C\c1ccc(O)c(O)c1)c1nc(-c2ccccc2)cc(-c2ccccc2)n1. The van der Waals surface area contributed by atoms with Gasteiger partial charge in [-0.25, -0.2) is 15.0 Å². The number of hydrogen-bond acceptors (Lipinski definition) is 6. The molecule has 4 rings (SSSR count). The van der Waals surface area contributed by atoms with Gasteiger partial charge in [0.05, 0.1) is 17.6 Å². The second-order valence-electron chi connectivity index (χ2n) is 6.69. The molecule has 1 aromatic heterocycles. The molecule has 0 aliphatic rings. The first-order chi connectivity index (χ1) is 15.6. The lowest BCUT2D eigenvalue weighted by molar-refractivity contribution is 0.403. The molecule has 0 saturated heterocycles. The monoisotopic (exact) mass is 424 g/mol. The van der Waals surface area contributed by atoms with E-state index < -0.39 is 0 Å². The molecule has 0 fully saturated rings. The molecule has 160 valence electrons. The van der Waals surface area contributed by atoms with Gasteiger partial charge in [-0.15, -0.1) is 13.2 Å². The predicted octanol–water partition coefficient (Wildman–Crippen LogP) is 5.49. The number of benzene rings is 3. The number of hydrazone groups is 1. The van der Waals surface area contributed by atoms with E-state index in [1.54, 1.807) is 24.3 Å². The van der Waals surface area contributed by atoms with Crippen LogP contribution in [0.5, 0.6) is 11.5 Å². The number of rotatable bonds is 5. The molecule has 0 spiro atoms. The summed E-state index contributed by atoms with van der Waals surface area (Å²) >= 11 is 0. The molecule has 6 heteroatoms. The third-order valence-corrected chi connectivity index (χ3v) is 4.52. The van der Waals surface area contributed by atoms with Gasteiger partial charge < -0.3 is 10.2 Å². The van der Waals surface area contributed by atoms with Crippen LogP contribution in [0.15, 0.2) is 103 Å². The van der Waals surface area contributed by atoms with E-state index in [9.17, 15) is 10.2 Å². The summed E-state index contributed by atoms with van der Waals surface area (Å²) in [5.41, 5.74) is 4.20. The van der Waals surface area contributed by atoms with Crippen molar-refractivity contribution >= 4 is 12.2 Å². The standard InChI is InChI=1S/C24H20N4O2.C2H4/c1-28(25-16-17-12-13-22(29)23(30)14-17)24-26-20(18-8-4-2-5-9-18)15-21(27-24)19-10-6-3-7-11-19;1-2/h2-16,29-30H,1H3;1-2H2/b25-16-;. The lowest BCUT2D eigenvalue weighted by atomic mass is 10.1. The summed E-state index contributed by atoms with van der Waals surface area (Å²) in [6, 6.07) is 26.3. The van der Waals surface area contributed by atoms with Gasteiger partial charge in [-0.1, -0.05) is 60.7 Å². The van der Waals surface area contributed by atoms with Crippen LogP contribution in [-0.4, -0.2) is 33.4 Å². The predicted molar refractivity (Wildman–Crippen MR) is 130 cm³/mol. The van der Waals surface area contributed by atoms with E-state index in [-0.39, 0.29) is 11.5 Å². The highest BCUT2D eigenvalue weighted by atomic mass is 16.3. The summed E-state index contributed by atoms with van der Waals surface area (Å²) in [5, 5.41) is 25.1. The number of nitrogens with zero attached hydrogens (tertiary/aromatic N) is 4. The van der Waals surface area contributed by atoms with Gasteiger partial charge in [0, 0.05) is 18.2 Å². The van der Waals surface area contributed by atoms with E-state index in [1.807, 2.05) is 66.7 Å². The van der Waals surface area contributed by atoms with Crippen LogP contribution in [0.3, 0.4) is 0 Å². The third-order valence-electron chi connectivity index (χ3n) is 4.52. The van der Waals surface area contributed by atoms with E-state index in [1.165, 1.54) is 12.1 Å². The number of phenols is 2. The molecular weight excluding hydrogens is 400 g/mol. The summed E-state index contributed by atoms with van der Waals surface area (Å²) < 4.78 is 0. The fourth-order valence-electron chi connectivity index (χ4n) is 2.92. The number of aromatic hydroxyl groups is 2. The van der Waals surface area contributed by atoms with Gasteiger partial charge in [-0.2, -0.15) is 5.10 Å². The van der Waals surface area contributed by atoms with Crippen LogP contribution in [0.1, 0.15) is 5.56 Å². The average molecular weight is 425 g/mol. The molecule has 6 nitrogen and oxygen atoms in total. The van der Waals surface area contributed by atoms with E-state index in [0.29, 0.717) is 11.5 Å². The molecule has 0 bridgehead atoms. The highest BCUT2D eigenvalue weighted by Crippen LogP contribution is 2.27. The largest absolute Gasteiger partial charge is 0.504 e. The molecule has 0 unspecified atom stereocenters. The molecule has 0 aliphatic heterocycles. The Labute approximate surface area is 187 Å². The number of aromatic nitrogens is 2. The van der Waals surface area contributed by atoms with E-state index >= 15 is 0 Å². The van der Waals surface area contributed by atoms with Crippen molar-refractivity contribution in [1.82, 2.24) is 9.97 Å². The van der Waals surface area contributed by atoms with Crippen molar-refractivity contribution in [2.24, 2.45) is 5.10 Å². The molecule has 4 aromatic rings. The molecule has 0 radical (unpaired) electrons. The van der Waals surface area contributed by atoms with Crippen LogP contribution in [0, 0.1) is 0 Å². The molecule has 1 heterocycles. The normalized spacial score (nSPS) is 10.4. The lowest BCUT2D eigenvalue weighted by Crippen LogP contribution is -2.13. The van der Waals surface area contributed by atoms with Crippen molar-refractivity contribution in [1.29, 1.82) is 0 Å². The van der Waals surface area contributed by atoms with E-state index in [2.05, 4.69) is 28.2 Å². The van der Waals surface area contributed by atoms with E-state index in [4.69, 9.17) is 0 Å². The maximum absolute atomic E-state index is 9.66. The zero-order valence-corrected chi connectivity index (χ0v) is 17.8. The molecule has 0 saturated carbocycles. The molecule has 32 heavy (non-hydrogen) atoms. The van der Waals surface area contributed by atoms with Gasteiger partial charge in [0.15, 0.2) is 11.5 Å². The average Bonchev–Trinajstić information content (AvgIpc) is 2.86. The minimum absolute atomic E-state index is 0.174. The van der Waals surface area contributed by atoms with Crippen molar-refractivity contribution in [2.75, 3.05) is 12.1 Å². The Hall–Kier alpha value is -4.45. The van der Waals surface area contributed by atoms with Crippen molar-refractivity contribution < 1.29 is 10.2 Å². The summed E-state index contributed by atoms with van der Waals surface area (Å²) in [6.07, 6.45) is 1.57. The highest BCUT2D eigenvalue weighted by molar-refractivity contribution is 5.81. The van der Waals surface area contributed by atoms with Crippen molar-refractivity contribution in [3.05, 3.63) is 104 Å². The Kier molecular flexibility index (Phi) is 7.33. The summed E-state index contributed by atoms with van der Waals surface area (Å²) in [4.78, 5) is 9.37. The number of hydrogen-bond donors (Lipinski definition) is 2. The summed E-state index contributed by atoms with van der Waals surface area (Å²) in [5.74, 6) is 0.0663. The fraction of sp³-hybridized carbons (Fsp3) is 0.0385. The lowest BCUT2D eigenvalue weighted by Gasteiger charge is -2.14. The Morgan fingerprint density at radius 2 is 1.28 bits per heavy atom. The van der Waals surface area contributed by atoms with Gasteiger partial charge in [0.2, 0.25) is 5.95 Å². The van der Waals surface area contributed by atoms with Gasteiger partial charge in [0.1, 0.15) is 0 Å². The van der Waals surface area contributed by atoms with Crippen molar-refractivity contribution in [3.8, 4) is 34.0 Å². The Morgan fingerprint density at radius 1 is 0.750 bits per heavy atom. The smallest absolute Gasteiger partial charge is 0.247 e. The molecule has 2 N–H and O–H groups in total. The van der Waals surface area contributed by atoms with Crippen LogP contribution >= 0.6 is 0 Å². The second kappa shape index (κ2) is 10.5. The van der Waals surface area contributed by atoms with Gasteiger partial charge >= 0.3 is 0 Å². The van der Waals surface area contributed by atoms with Crippen LogP contribution < -0.4 is 5.01 Å². The molecule has 3 aromatic carbocycles. The minimum Gasteiger partial charge on any atom is -0.504 e.